The molecule has 0 fully saturated rings. The molecule has 0 N–H and O–H groups in total. The summed E-state index contributed by atoms with van der Waals surface area (Å²) in [5, 5.41) is 4.95. The SMILES string of the molecule is O=Cc1nn(-c2ccc(Cl)cc2)c2c1COC2. The number of aromatic nitrogens is 2. The number of halogens is 1. The largest absolute Gasteiger partial charge is 0.370 e. The van der Waals surface area contributed by atoms with Gasteiger partial charge < -0.3 is 4.74 Å². The van der Waals surface area contributed by atoms with Crippen molar-refractivity contribution in [2.45, 2.75) is 13.2 Å². The molecule has 1 aromatic heterocycles. The topological polar surface area (TPSA) is 44.1 Å². The fourth-order valence-corrected chi connectivity index (χ4v) is 2.08. The number of benzene rings is 1. The molecule has 0 radical (unpaired) electrons. The molecule has 86 valence electrons. The van der Waals surface area contributed by atoms with E-state index in [-0.39, 0.29) is 0 Å². The van der Waals surface area contributed by atoms with E-state index < -0.39 is 0 Å². The molecule has 1 aromatic carbocycles. The Bertz CT molecular complexity index is 575. The average Bonchev–Trinajstić information content (AvgIpc) is 2.91. The Morgan fingerprint density at radius 2 is 2.06 bits per heavy atom. The van der Waals surface area contributed by atoms with Gasteiger partial charge in [-0.2, -0.15) is 5.10 Å². The van der Waals surface area contributed by atoms with Crippen LogP contribution in [-0.4, -0.2) is 16.1 Å². The predicted octanol–water partition coefficient (Wildman–Crippen LogP) is 2.37. The summed E-state index contributed by atoms with van der Waals surface area (Å²) in [5.41, 5.74) is 3.15. The summed E-state index contributed by atoms with van der Waals surface area (Å²) in [7, 11) is 0. The molecule has 4 nitrogen and oxygen atoms in total. The zero-order chi connectivity index (χ0) is 11.8. The van der Waals surface area contributed by atoms with Crippen LogP contribution in [0.15, 0.2) is 24.3 Å². The van der Waals surface area contributed by atoms with Gasteiger partial charge in [-0.25, -0.2) is 4.68 Å². The van der Waals surface area contributed by atoms with Gasteiger partial charge >= 0.3 is 0 Å². The van der Waals surface area contributed by atoms with Gasteiger partial charge in [0.25, 0.3) is 0 Å². The van der Waals surface area contributed by atoms with Crippen LogP contribution in [0, 0.1) is 0 Å². The lowest BCUT2D eigenvalue weighted by molar-refractivity contribution is 0.110. The van der Waals surface area contributed by atoms with Gasteiger partial charge in [0.2, 0.25) is 0 Å². The number of ether oxygens (including phenoxy) is 1. The second-order valence-electron chi connectivity index (χ2n) is 3.81. The summed E-state index contributed by atoms with van der Waals surface area (Å²) in [6.07, 6.45) is 0.764. The van der Waals surface area contributed by atoms with Gasteiger partial charge in [0.05, 0.1) is 24.6 Å². The minimum absolute atomic E-state index is 0.451. The lowest BCUT2D eigenvalue weighted by Crippen LogP contribution is -2.01. The van der Waals surface area contributed by atoms with Crippen molar-refractivity contribution in [2.75, 3.05) is 0 Å². The maximum atomic E-state index is 10.9. The standard InChI is InChI=1S/C12H9ClN2O2/c13-8-1-3-9(4-2-8)15-12-7-17-6-10(12)11(5-16)14-15/h1-5H,6-7H2. The van der Waals surface area contributed by atoms with Crippen LogP contribution in [0.1, 0.15) is 21.7 Å². The zero-order valence-electron chi connectivity index (χ0n) is 8.89. The molecule has 0 spiro atoms. The van der Waals surface area contributed by atoms with Crippen LogP contribution in [0.2, 0.25) is 5.02 Å². The minimum atomic E-state index is 0.451. The van der Waals surface area contributed by atoms with Gasteiger partial charge in [0.1, 0.15) is 5.69 Å². The van der Waals surface area contributed by atoms with Crippen molar-refractivity contribution in [1.82, 2.24) is 9.78 Å². The highest BCUT2D eigenvalue weighted by atomic mass is 35.5. The third-order valence-electron chi connectivity index (χ3n) is 2.79. The summed E-state index contributed by atoms with van der Waals surface area (Å²) in [6, 6.07) is 7.31. The van der Waals surface area contributed by atoms with E-state index in [0.717, 1.165) is 23.2 Å². The third kappa shape index (κ3) is 1.66. The number of aldehydes is 1. The van der Waals surface area contributed by atoms with Crippen molar-refractivity contribution in [3.8, 4) is 5.69 Å². The van der Waals surface area contributed by atoms with E-state index in [0.29, 0.717) is 23.9 Å². The molecule has 1 aliphatic heterocycles. The molecule has 17 heavy (non-hydrogen) atoms. The Morgan fingerprint density at radius 3 is 2.76 bits per heavy atom. The molecular formula is C12H9ClN2O2. The molecule has 2 heterocycles. The minimum Gasteiger partial charge on any atom is -0.370 e. The van der Waals surface area contributed by atoms with Crippen molar-refractivity contribution >= 4 is 17.9 Å². The first-order chi connectivity index (χ1) is 8.29. The number of hydrogen-bond acceptors (Lipinski definition) is 3. The van der Waals surface area contributed by atoms with E-state index in [4.69, 9.17) is 16.3 Å². The Kier molecular flexibility index (Phi) is 2.46. The van der Waals surface area contributed by atoms with E-state index in [1.807, 2.05) is 12.1 Å². The number of nitrogens with zero attached hydrogens (tertiary/aromatic N) is 2. The van der Waals surface area contributed by atoms with Crippen LogP contribution in [0.3, 0.4) is 0 Å². The molecule has 3 rings (SSSR count). The first-order valence-electron chi connectivity index (χ1n) is 5.19. The summed E-state index contributed by atoms with van der Waals surface area (Å²) in [5.74, 6) is 0. The number of carbonyl (C=O) groups is 1. The van der Waals surface area contributed by atoms with Crippen molar-refractivity contribution in [3.63, 3.8) is 0 Å². The Balaban J connectivity index is 2.15. The number of carbonyl (C=O) groups excluding carboxylic acids is 1. The van der Waals surface area contributed by atoms with Gasteiger partial charge in [0, 0.05) is 10.6 Å². The van der Waals surface area contributed by atoms with Crippen LogP contribution in [0.25, 0.3) is 5.69 Å². The molecule has 0 saturated carbocycles. The lowest BCUT2D eigenvalue weighted by atomic mass is 10.2. The summed E-state index contributed by atoms with van der Waals surface area (Å²) < 4.78 is 7.08. The molecule has 0 aliphatic carbocycles. The molecule has 0 saturated heterocycles. The quantitative estimate of drug-likeness (QED) is 0.767. The number of fused-ring (bicyclic) bond motifs is 1. The van der Waals surface area contributed by atoms with E-state index in [1.54, 1.807) is 16.8 Å². The molecule has 2 aromatic rings. The maximum absolute atomic E-state index is 10.9. The molecule has 1 aliphatic rings. The van der Waals surface area contributed by atoms with Crippen LogP contribution < -0.4 is 0 Å². The van der Waals surface area contributed by atoms with Gasteiger partial charge in [0.15, 0.2) is 6.29 Å². The molecular weight excluding hydrogens is 240 g/mol. The van der Waals surface area contributed by atoms with Crippen LogP contribution in [0.4, 0.5) is 0 Å². The Labute approximate surface area is 103 Å². The monoisotopic (exact) mass is 248 g/mol. The van der Waals surface area contributed by atoms with Gasteiger partial charge in [-0.05, 0) is 24.3 Å². The summed E-state index contributed by atoms with van der Waals surface area (Å²) in [4.78, 5) is 10.9. The van der Waals surface area contributed by atoms with Crippen molar-refractivity contribution in [3.05, 3.63) is 46.2 Å². The average molecular weight is 249 g/mol. The van der Waals surface area contributed by atoms with Gasteiger partial charge in [-0.3, -0.25) is 4.79 Å². The van der Waals surface area contributed by atoms with Crippen LogP contribution >= 0.6 is 11.6 Å². The van der Waals surface area contributed by atoms with E-state index in [2.05, 4.69) is 5.10 Å². The smallest absolute Gasteiger partial charge is 0.170 e. The molecule has 0 amide bonds. The van der Waals surface area contributed by atoms with Crippen molar-refractivity contribution in [1.29, 1.82) is 0 Å². The summed E-state index contributed by atoms with van der Waals surface area (Å²) >= 11 is 5.84. The van der Waals surface area contributed by atoms with E-state index in [9.17, 15) is 4.79 Å². The number of rotatable bonds is 2. The molecule has 0 atom stereocenters. The third-order valence-corrected chi connectivity index (χ3v) is 3.04. The lowest BCUT2D eigenvalue weighted by Gasteiger charge is -2.04. The highest BCUT2D eigenvalue weighted by molar-refractivity contribution is 6.30. The summed E-state index contributed by atoms with van der Waals surface area (Å²) in [6.45, 7) is 0.940. The second-order valence-corrected chi connectivity index (χ2v) is 4.25. The number of hydrogen-bond donors (Lipinski definition) is 0. The van der Waals surface area contributed by atoms with Crippen molar-refractivity contribution in [2.24, 2.45) is 0 Å². The highest BCUT2D eigenvalue weighted by Gasteiger charge is 2.23. The van der Waals surface area contributed by atoms with Crippen LogP contribution in [-0.2, 0) is 18.0 Å². The normalized spacial score (nSPS) is 13.7. The van der Waals surface area contributed by atoms with E-state index >= 15 is 0 Å². The first kappa shape index (κ1) is 10.5. The van der Waals surface area contributed by atoms with Gasteiger partial charge in [-0.1, -0.05) is 11.6 Å². The second kappa shape index (κ2) is 3.98. The molecule has 0 bridgehead atoms. The zero-order valence-corrected chi connectivity index (χ0v) is 9.65. The van der Waals surface area contributed by atoms with Crippen LogP contribution in [0.5, 0.6) is 0 Å². The highest BCUT2D eigenvalue weighted by Crippen LogP contribution is 2.25. The maximum Gasteiger partial charge on any atom is 0.170 e. The Morgan fingerprint density at radius 1 is 1.29 bits per heavy atom. The fourth-order valence-electron chi connectivity index (χ4n) is 1.95. The van der Waals surface area contributed by atoms with Gasteiger partial charge in [-0.15, -0.1) is 0 Å². The van der Waals surface area contributed by atoms with E-state index in [1.165, 1.54) is 0 Å². The predicted molar refractivity (Wildman–Crippen MR) is 62.5 cm³/mol. The van der Waals surface area contributed by atoms with Crippen molar-refractivity contribution < 1.29 is 9.53 Å². The molecule has 5 heteroatoms. The fraction of sp³-hybridized carbons (Fsp3) is 0.167. The Hall–Kier alpha value is -1.65. The molecule has 0 unspecified atom stereocenters. The first-order valence-corrected chi connectivity index (χ1v) is 5.57.